The summed E-state index contributed by atoms with van der Waals surface area (Å²) >= 11 is 0. The second-order valence-corrected chi connectivity index (χ2v) is 7.62. The fourth-order valence-corrected chi connectivity index (χ4v) is 3.76. The van der Waals surface area contributed by atoms with Crippen molar-refractivity contribution in [2.24, 2.45) is 7.05 Å². The minimum absolute atomic E-state index is 0.0453. The molecule has 3 N–H and O–H groups in total. The van der Waals surface area contributed by atoms with E-state index in [1.165, 1.54) is 0 Å². The standard InChI is InChI=1S/C23H24N4O4/c1-26-11-9-15-12-16(7-8-19(15)26)20(28)14-24-22(30)23(31)25-17-4-2-5-18(13-17)27-10-3-6-21(27)29/h2,4-5,7-9,11-13,20,28H,3,6,10,14H2,1H3,(H,24,30)(H,25,31). The van der Waals surface area contributed by atoms with Gasteiger partial charge in [-0.05, 0) is 53.8 Å². The lowest BCUT2D eigenvalue weighted by molar-refractivity contribution is -0.136. The summed E-state index contributed by atoms with van der Waals surface area (Å²) in [4.78, 5) is 38.0. The molecule has 1 aromatic heterocycles. The van der Waals surface area contributed by atoms with Crippen molar-refractivity contribution in [3.63, 3.8) is 0 Å². The third-order valence-electron chi connectivity index (χ3n) is 5.45. The van der Waals surface area contributed by atoms with Crippen molar-refractivity contribution >= 4 is 40.0 Å². The van der Waals surface area contributed by atoms with Gasteiger partial charge in [0.1, 0.15) is 0 Å². The number of hydrogen-bond donors (Lipinski definition) is 3. The van der Waals surface area contributed by atoms with Crippen molar-refractivity contribution < 1.29 is 19.5 Å². The van der Waals surface area contributed by atoms with Crippen LogP contribution in [0.3, 0.4) is 0 Å². The van der Waals surface area contributed by atoms with Gasteiger partial charge in [-0.2, -0.15) is 0 Å². The maximum absolute atomic E-state index is 12.2. The second kappa shape index (κ2) is 8.61. The maximum atomic E-state index is 12.2. The van der Waals surface area contributed by atoms with E-state index in [4.69, 9.17) is 0 Å². The molecule has 1 atom stereocenters. The average molecular weight is 420 g/mol. The number of nitrogens with zero attached hydrogens (tertiary/aromatic N) is 2. The van der Waals surface area contributed by atoms with Gasteiger partial charge in [-0.25, -0.2) is 0 Å². The predicted molar refractivity (Wildman–Crippen MR) is 118 cm³/mol. The van der Waals surface area contributed by atoms with Crippen LogP contribution in [0, 0.1) is 0 Å². The molecule has 1 fully saturated rings. The highest BCUT2D eigenvalue weighted by Gasteiger charge is 2.22. The number of anilines is 2. The van der Waals surface area contributed by atoms with Crippen molar-refractivity contribution in [3.8, 4) is 0 Å². The molecule has 1 aliphatic heterocycles. The Labute approximate surface area is 179 Å². The van der Waals surface area contributed by atoms with Crippen LogP contribution in [0.25, 0.3) is 10.9 Å². The number of hydrogen-bond acceptors (Lipinski definition) is 4. The van der Waals surface area contributed by atoms with Crippen molar-refractivity contribution in [1.29, 1.82) is 0 Å². The zero-order valence-corrected chi connectivity index (χ0v) is 17.2. The van der Waals surface area contributed by atoms with E-state index in [0.29, 0.717) is 29.9 Å². The van der Waals surface area contributed by atoms with E-state index in [-0.39, 0.29) is 12.5 Å². The van der Waals surface area contributed by atoms with Crippen LogP contribution < -0.4 is 15.5 Å². The molecule has 8 heteroatoms. The minimum Gasteiger partial charge on any atom is -0.387 e. The molecule has 8 nitrogen and oxygen atoms in total. The topological polar surface area (TPSA) is 104 Å². The summed E-state index contributed by atoms with van der Waals surface area (Å²) in [5, 5.41) is 16.4. The molecule has 31 heavy (non-hydrogen) atoms. The van der Waals surface area contributed by atoms with Gasteiger partial charge in [0.15, 0.2) is 0 Å². The smallest absolute Gasteiger partial charge is 0.313 e. The number of rotatable bonds is 5. The molecule has 3 amide bonds. The van der Waals surface area contributed by atoms with Gasteiger partial charge in [0.2, 0.25) is 5.91 Å². The molecule has 1 saturated heterocycles. The van der Waals surface area contributed by atoms with Crippen molar-refractivity contribution in [3.05, 3.63) is 60.3 Å². The molecule has 0 aliphatic carbocycles. The number of aryl methyl sites for hydroxylation is 1. The largest absolute Gasteiger partial charge is 0.387 e. The summed E-state index contributed by atoms with van der Waals surface area (Å²) in [6, 6.07) is 14.3. The van der Waals surface area contributed by atoms with Gasteiger partial charge in [0.05, 0.1) is 6.10 Å². The van der Waals surface area contributed by atoms with E-state index in [1.807, 2.05) is 36.0 Å². The van der Waals surface area contributed by atoms with Gasteiger partial charge in [-0.1, -0.05) is 12.1 Å². The highest BCUT2D eigenvalue weighted by molar-refractivity contribution is 6.39. The van der Waals surface area contributed by atoms with Crippen LogP contribution in [-0.4, -0.2) is 40.5 Å². The van der Waals surface area contributed by atoms with Crippen LogP contribution in [0.1, 0.15) is 24.5 Å². The van der Waals surface area contributed by atoms with E-state index in [2.05, 4.69) is 10.6 Å². The lowest BCUT2D eigenvalue weighted by Gasteiger charge is -2.17. The van der Waals surface area contributed by atoms with Crippen LogP contribution in [0.2, 0.25) is 0 Å². The Kier molecular flexibility index (Phi) is 5.73. The zero-order valence-electron chi connectivity index (χ0n) is 17.2. The number of aromatic nitrogens is 1. The molecule has 3 aromatic rings. The van der Waals surface area contributed by atoms with E-state index >= 15 is 0 Å². The minimum atomic E-state index is -0.939. The summed E-state index contributed by atoms with van der Waals surface area (Å²) < 4.78 is 1.98. The van der Waals surface area contributed by atoms with Crippen LogP contribution in [0.15, 0.2) is 54.7 Å². The third kappa shape index (κ3) is 4.44. The number of benzene rings is 2. The number of nitrogens with one attached hydrogen (secondary N) is 2. The normalized spacial score (nSPS) is 14.6. The van der Waals surface area contributed by atoms with Crippen LogP contribution in [0.4, 0.5) is 11.4 Å². The molecule has 2 heterocycles. The first-order valence-electron chi connectivity index (χ1n) is 10.1. The molecular weight excluding hydrogens is 396 g/mol. The van der Waals surface area contributed by atoms with Gasteiger partial charge in [-0.15, -0.1) is 0 Å². The number of carbonyl (C=O) groups excluding carboxylic acids is 3. The van der Waals surface area contributed by atoms with Gasteiger partial charge >= 0.3 is 11.8 Å². The summed E-state index contributed by atoms with van der Waals surface area (Å²) in [6.45, 7) is 0.552. The Morgan fingerprint density at radius 1 is 1.13 bits per heavy atom. The quantitative estimate of drug-likeness (QED) is 0.550. The van der Waals surface area contributed by atoms with Gasteiger partial charge in [0, 0.05) is 49.6 Å². The number of amides is 3. The van der Waals surface area contributed by atoms with E-state index in [9.17, 15) is 19.5 Å². The van der Waals surface area contributed by atoms with Crippen molar-refractivity contribution in [1.82, 2.24) is 9.88 Å². The lowest BCUT2D eigenvalue weighted by Crippen LogP contribution is -2.37. The molecule has 2 aromatic carbocycles. The first kappa shape index (κ1) is 20.6. The summed E-state index contributed by atoms with van der Waals surface area (Å²) in [6.07, 6.45) is 2.31. The summed E-state index contributed by atoms with van der Waals surface area (Å²) in [7, 11) is 1.94. The predicted octanol–water partition coefficient (Wildman–Crippen LogP) is 2.09. The molecular formula is C23H24N4O4. The second-order valence-electron chi connectivity index (χ2n) is 7.62. The zero-order chi connectivity index (χ0) is 22.0. The van der Waals surface area contributed by atoms with Gasteiger partial charge in [-0.3, -0.25) is 14.4 Å². The molecule has 1 aliphatic rings. The van der Waals surface area contributed by atoms with Crippen molar-refractivity contribution in [2.45, 2.75) is 18.9 Å². The molecule has 1 unspecified atom stereocenters. The highest BCUT2D eigenvalue weighted by atomic mass is 16.3. The monoisotopic (exact) mass is 420 g/mol. The van der Waals surface area contributed by atoms with Crippen LogP contribution >= 0.6 is 0 Å². The average Bonchev–Trinajstić information content (AvgIpc) is 3.37. The molecule has 0 saturated carbocycles. The Hall–Kier alpha value is -3.65. The number of carbonyl (C=O) groups is 3. The SMILES string of the molecule is Cn1ccc2cc(C(O)CNC(=O)C(=O)Nc3cccc(N4CCCC4=O)c3)ccc21. The molecule has 0 spiro atoms. The fraction of sp³-hybridized carbons (Fsp3) is 0.261. The Bertz CT molecular complexity index is 1150. The van der Waals surface area contributed by atoms with Gasteiger partial charge < -0.3 is 25.2 Å². The fourth-order valence-electron chi connectivity index (χ4n) is 3.76. The summed E-state index contributed by atoms with van der Waals surface area (Å²) in [5.74, 6) is -1.64. The molecule has 0 radical (unpaired) electrons. The Morgan fingerprint density at radius 2 is 1.97 bits per heavy atom. The van der Waals surface area contributed by atoms with E-state index < -0.39 is 17.9 Å². The first-order valence-corrected chi connectivity index (χ1v) is 10.1. The molecule has 0 bridgehead atoms. The molecule has 160 valence electrons. The van der Waals surface area contributed by atoms with E-state index in [1.54, 1.807) is 35.2 Å². The highest BCUT2D eigenvalue weighted by Crippen LogP contribution is 2.24. The maximum Gasteiger partial charge on any atom is 0.313 e. The number of aliphatic hydroxyl groups is 1. The van der Waals surface area contributed by atoms with Crippen LogP contribution in [-0.2, 0) is 21.4 Å². The lowest BCUT2D eigenvalue weighted by atomic mass is 10.1. The van der Waals surface area contributed by atoms with E-state index in [0.717, 1.165) is 17.3 Å². The van der Waals surface area contributed by atoms with Gasteiger partial charge in [0.25, 0.3) is 0 Å². The number of aliphatic hydroxyl groups excluding tert-OH is 1. The Balaban J connectivity index is 1.34. The molecule has 4 rings (SSSR count). The number of fused-ring (bicyclic) bond motifs is 1. The first-order chi connectivity index (χ1) is 14.9. The Morgan fingerprint density at radius 3 is 2.74 bits per heavy atom. The van der Waals surface area contributed by atoms with Crippen LogP contribution in [0.5, 0.6) is 0 Å². The van der Waals surface area contributed by atoms with Crippen molar-refractivity contribution in [2.75, 3.05) is 23.3 Å². The third-order valence-corrected chi connectivity index (χ3v) is 5.45. The summed E-state index contributed by atoms with van der Waals surface area (Å²) in [5.41, 5.74) is 2.81.